The second-order valence-corrected chi connectivity index (χ2v) is 7.57. The fourth-order valence-corrected chi connectivity index (χ4v) is 3.90. The van der Waals surface area contributed by atoms with Gasteiger partial charge in [0.2, 0.25) is 5.91 Å². The quantitative estimate of drug-likeness (QED) is 0.810. The Balaban J connectivity index is 1.60. The Morgan fingerprint density at radius 3 is 2.74 bits per heavy atom. The van der Waals surface area contributed by atoms with Crippen LogP contribution in [0.1, 0.15) is 24.1 Å². The highest BCUT2D eigenvalue weighted by molar-refractivity contribution is 5.91. The van der Waals surface area contributed by atoms with Crippen LogP contribution in [0.5, 0.6) is 5.75 Å². The van der Waals surface area contributed by atoms with Crippen LogP contribution in [-0.2, 0) is 22.5 Å². The highest BCUT2D eigenvalue weighted by atomic mass is 16.5. The van der Waals surface area contributed by atoms with E-state index in [1.54, 1.807) is 7.11 Å². The van der Waals surface area contributed by atoms with Gasteiger partial charge >= 0.3 is 0 Å². The van der Waals surface area contributed by atoms with Crippen LogP contribution in [0.25, 0.3) is 10.9 Å². The maximum absolute atomic E-state index is 12.5. The fourth-order valence-electron chi connectivity index (χ4n) is 3.90. The molecule has 2 heterocycles. The van der Waals surface area contributed by atoms with Crippen molar-refractivity contribution in [3.8, 4) is 5.75 Å². The van der Waals surface area contributed by atoms with Gasteiger partial charge in [-0.3, -0.25) is 9.69 Å². The summed E-state index contributed by atoms with van der Waals surface area (Å²) in [6, 6.07) is 6.57. The molecule has 2 aliphatic rings. The molecule has 1 aromatic carbocycles. The Bertz CT molecular complexity index is 820. The first-order valence-electron chi connectivity index (χ1n) is 9.91. The van der Waals surface area contributed by atoms with Crippen LogP contribution in [0, 0.1) is 6.92 Å². The molecule has 0 atom stereocenters. The lowest BCUT2D eigenvalue weighted by atomic mass is 10.1. The van der Waals surface area contributed by atoms with Gasteiger partial charge in [0.25, 0.3) is 0 Å². The van der Waals surface area contributed by atoms with Crippen LogP contribution in [0.15, 0.2) is 18.2 Å². The van der Waals surface area contributed by atoms with Crippen LogP contribution in [0.3, 0.4) is 0 Å². The number of nitrogens with one attached hydrogen (secondary N) is 1. The lowest BCUT2D eigenvalue weighted by Crippen LogP contribution is -2.38. The van der Waals surface area contributed by atoms with Crippen LogP contribution in [0.2, 0.25) is 0 Å². The second-order valence-electron chi connectivity index (χ2n) is 7.57. The predicted octanol–water partition coefficient (Wildman–Crippen LogP) is 2.11. The Kier molecular flexibility index (Phi) is 5.36. The molecule has 2 aromatic rings. The molecule has 0 unspecified atom stereocenters. The Hall–Kier alpha value is -2.05. The van der Waals surface area contributed by atoms with E-state index in [0.717, 1.165) is 68.9 Å². The zero-order chi connectivity index (χ0) is 18.8. The van der Waals surface area contributed by atoms with Gasteiger partial charge in [0, 0.05) is 48.8 Å². The summed E-state index contributed by atoms with van der Waals surface area (Å²) in [5, 5.41) is 4.24. The number of amides is 1. The van der Waals surface area contributed by atoms with Crippen LogP contribution >= 0.6 is 0 Å². The first-order valence-corrected chi connectivity index (χ1v) is 9.91. The highest BCUT2D eigenvalue weighted by Crippen LogP contribution is 2.30. The SMILES string of the molecule is COc1ccc2c(c1)c(CC(=O)NC1CC1)c(C)n2CCN1CCOCC1. The summed E-state index contributed by atoms with van der Waals surface area (Å²) in [4.78, 5) is 14.9. The van der Waals surface area contributed by atoms with Crippen molar-refractivity contribution in [3.63, 3.8) is 0 Å². The third-order valence-electron chi connectivity index (χ3n) is 5.68. The van der Waals surface area contributed by atoms with Crippen LogP contribution in [0.4, 0.5) is 0 Å². The number of morpholine rings is 1. The van der Waals surface area contributed by atoms with Gasteiger partial charge in [0.15, 0.2) is 0 Å². The minimum Gasteiger partial charge on any atom is -0.497 e. The number of ether oxygens (including phenoxy) is 2. The predicted molar refractivity (Wildman–Crippen MR) is 105 cm³/mol. The molecular weight excluding hydrogens is 342 g/mol. The summed E-state index contributed by atoms with van der Waals surface area (Å²) in [6.07, 6.45) is 2.65. The standard InChI is InChI=1S/C21H29N3O3/c1-15-18(14-21(25)22-16-3-4-16)19-13-17(26-2)5-6-20(19)24(15)8-7-23-9-11-27-12-10-23/h5-6,13,16H,3-4,7-12,14H2,1-2H3,(H,22,25). The third kappa shape index (κ3) is 4.12. The molecule has 0 spiro atoms. The minimum absolute atomic E-state index is 0.121. The lowest BCUT2D eigenvalue weighted by molar-refractivity contribution is -0.120. The molecule has 1 saturated carbocycles. The molecule has 1 aliphatic heterocycles. The molecule has 4 rings (SSSR count). The normalized spacial score (nSPS) is 18.0. The molecule has 1 amide bonds. The molecule has 27 heavy (non-hydrogen) atoms. The number of methoxy groups -OCH3 is 1. The maximum Gasteiger partial charge on any atom is 0.224 e. The van der Waals surface area contributed by atoms with Crippen LogP contribution < -0.4 is 10.1 Å². The van der Waals surface area contributed by atoms with Gasteiger partial charge in [-0.2, -0.15) is 0 Å². The topological polar surface area (TPSA) is 55.7 Å². The van der Waals surface area contributed by atoms with Gasteiger partial charge < -0.3 is 19.4 Å². The highest BCUT2D eigenvalue weighted by Gasteiger charge is 2.25. The minimum atomic E-state index is 0.121. The molecule has 2 fully saturated rings. The number of hydrogen-bond donors (Lipinski definition) is 1. The number of benzene rings is 1. The number of carbonyl (C=O) groups excluding carboxylic acids is 1. The average molecular weight is 371 g/mol. The maximum atomic E-state index is 12.5. The Morgan fingerprint density at radius 2 is 2.04 bits per heavy atom. The number of rotatable bonds is 7. The van der Waals surface area contributed by atoms with E-state index < -0.39 is 0 Å². The zero-order valence-corrected chi connectivity index (χ0v) is 16.3. The summed E-state index contributed by atoms with van der Waals surface area (Å²) < 4.78 is 13.2. The van der Waals surface area contributed by atoms with E-state index in [9.17, 15) is 4.79 Å². The summed E-state index contributed by atoms with van der Waals surface area (Å²) in [6.45, 7) is 7.65. The molecule has 146 valence electrons. The van der Waals surface area contributed by atoms with Crippen molar-refractivity contribution >= 4 is 16.8 Å². The van der Waals surface area contributed by atoms with Crippen LogP contribution in [-0.4, -0.2) is 61.4 Å². The number of fused-ring (bicyclic) bond motifs is 1. The molecule has 1 N–H and O–H groups in total. The van der Waals surface area contributed by atoms with E-state index >= 15 is 0 Å². The van der Waals surface area contributed by atoms with Gasteiger partial charge in [0.05, 0.1) is 26.7 Å². The number of hydrogen-bond acceptors (Lipinski definition) is 4. The first kappa shape index (κ1) is 18.3. The largest absolute Gasteiger partial charge is 0.497 e. The monoisotopic (exact) mass is 371 g/mol. The molecule has 1 saturated heterocycles. The van der Waals surface area contributed by atoms with Gasteiger partial charge in [0.1, 0.15) is 5.75 Å². The van der Waals surface area contributed by atoms with E-state index in [2.05, 4.69) is 33.8 Å². The van der Waals surface area contributed by atoms with Crippen molar-refractivity contribution < 1.29 is 14.3 Å². The smallest absolute Gasteiger partial charge is 0.224 e. The fraction of sp³-hybridized carbons (Fsp3) is 0.571. The van der Waals surface area contributed by atoms with Crippen molar-refractivity contribution in [3.05, 3.63) is 29.5 Å². The van der Waals surface area contributed by atoms with Gasteiger partial charge in [-0.05, 0) is 43.5 Å². The molecular formula is C21H29N3O3. The van der Waals surface area contributed by atoms with E-state index in [1.807, 2.05) is 6.07 Å². The summed E-state index contributed by atoms with van der Waals surface area (Å²) in [7, 11) is 1.68. The molecule has 6 heteroatoms. The van der Waals surface area contributed by atoms with Crippen molar-refractivity contribution in [1.29, 1.82) is 0 Å². The summed E-state index contributed by atoms with van der Waals surface area (Å²) >= 11 is 0. The van der Waals surface area contributed by atoms with Gasteiger partial charge in [-0.1, -0.05) is 0 Å². The second kappa shape index (κ2) is 7.90. The molecule has 0 radical (unpaired) electrons. The van der Waals surface area contributed by atoms with E-state index in [-0.39, 0.29) is 5.91 Å². The molecule has 6 nitrogen and oxygen atoms in total. The van der Waals surface area contributed by atoms with Crippen molar-refractivity contribution in [2.45, 2.75) is 38.8 Å². The lowest BCUT2D eigenvalue weighted by Gasteiger charge is -2.27. The van der Waals surface area contributed by atoms with E-state index in [1.165, 1.54) is 11.2 Å². The number of aromatic nitrogens is 1. The molecule has 1 aromatic heterocycles. The average Bonchev–Trinajstić information content (AvgIpc) is 3.46. The zero-order valence-electron chi connectivity index (χ0n) is 16.3. The Morgan fingerprint density at radius 1 is 1.26 bits per heavy atom. The van der Waals surface area contributed by atoms with Gasteiger partial charge in [-0.15, -0.1) is 0 Å². The van der Waals surface area contributed by atoms with E-state index in [4.69, 9.17) is 9.47 Å². The third-order valence-corrected chi connectivity index (χ3v) is 5.68. The molecule has 0 bridgehead atoms. The summed E-state index contributed by atoms with van der Waals surface area (Å²) in [5.74, 6) is 0.951. The van der Waals surface area contributed by atoms with Crippen molar-refractivity contribution in [2.24, 2.45) is 0 Å². The molecule has 1 aliphatic carbocycles. The van der Waals surface area contributed by atoms with Crippen molar-refractivity contribution in [1.82, 2.24) is 14.8 Å². The van der Waals surface area contributed by atoms with Gasteiger partial charge in [-0.25, -0.2) is 0 Å². The van der Waals surface area contributed by atoms with Crippen molar-refractivity contribution in [2.75, 3.05) is 40.0 Å². The first-order chi connectivity index (χ1) is 13.2. The number of carbonyl (C=O) groups is 1. The summed E-state index contributed by atoms with van der Waals surface area (Å²) in [5.41, 5.74) is 3.47. The van der Waals surface area contributed by atoms with E-state index in [0.29, 0.717) is 12.5 Å². The number of nitrogens with zero attached hydrogens (tertiary/aromatic N) is 2. The Labute approximate surface area is 160 Å².